The topological polar surface area (TPSA) is 82.9 Å². The van der Waals surface area contributed by atoms with Crippen molar-refractivity contribution in [3.63, 3.8) is 0 Å². The number of aliphatic imine (C=N–C) groups is 1. The van der Waals surface area contributed by atoms with Gasteiger partial charge < -0.3 is 15.6 Å². The van der Waals surface area contributed by atoms with Crippen LogP contribution in [0.1, 0.15) is 18.3 Å². The second-order valence-corrected chi connectivity index (χ2v) is 7.10. The molecule has 4 aromatic rings. The van der Waals surface area contributed by atoms with E-state index in [2.05, 4.69) is 74.0 Å². The Bertz CT molecular complexity index is 1090. The SMILES string of the molecule is CCNC(=NCc1ncc(-c2ccccc2)[nH]1)NCCc1ccc(-n2cccn2)cc1.I. The molecule has 0 bridgehead atoms. The lowest BCUT2D eigenvalue weighted by Gasteiger charge is -2.11. The highest BCUT2D eigenvalue weighted by atomic mass is 127. The van der Waals surface area contributed by atoms with E-state index in [9.17, 15) is 0 Å². The van der Waals surface area contributed by atoms with Gasteiger partial charge in [0.2, 0.25) is 0 Å². The highest BCUT2D eigenvalue weighted by Gasteiger charge is 2.04. The normalized spacial score (nSPS) is 11.1. The zero-order chi connectivity index (χ0) is 21.3. The molecule has 0 atom stereocenters. The first kappa shape index (κ1) is 23.5. The molecule has 166 valence electrons. The number of aromatic nitrogens is 4. The number of nitrogens with zero attached hydrogens (tertiary/aromatic N) is 4. The molecule has 2 aromatic carbocycles. The maximum Gasteiger partial charge on any atom is 0.191 e. The van der Waals surface area contributed by atoms with Gasteiger partial charge in [0, 0.05) is 25.5 Å². The maximum atomic E-state index is 4.66. The molecule has 2 aromatic heterocycles. The van der Waals surface area contributed by atoms with Crippen LogP contribution in [-0.2, 0) is 13.0 Å². The van der Waals surface area contributed by atoms with E-state index in [4.69, 9.17) is 0 Å². The van der Waals surface area contributed by atoms with Crippen LogP contribution < -0.4 is 10.6 Å². The highest BCUT2D eigenvalue weighted by Crippen LogP contribution is 2.16. The number of hydrogen-bond donors (Lipinski definition) is 3. The number of nitrogens with one attached hydrogen (secondary N) is 3. The molecule has 0 aliphatic rings. The van der Waals surface area contributed by atoms with Crippen LogP contribution in [0.15, 0.2) is 84.2 Å². The Labute approximate surface area is 205 Å². The Morgan fingerprint density at radius 2 is 1.84 bits per heavy atom. The van der Waals surface area contributed by atoms with Crippen molar-refractivity contribution in [1.82, 2.24) is 30.4 Å². The minimum atomic E-state index is 0. The second kappa shape index (κ2) is 12.0. The Kier molecular flexibility index (Phi) is 8.85. The molecule has 0 saturated carbocycles. The molecule has 0 unspecified atom stereocenters. The summed E-state index contributed by atoms with van der Waals surface area (Å²) < 4.78 is 1.86. The van der Waals surface area contributed by atoms with Gasteiger partial charge in [-0.2, -0.15) is 5.10 Å². The summed E-state index contributed by atoms with van der Waals surface area (Å²) in [6.07, 6.45) is 6.48. The summed E-state index contributed by atoms with van der Waals surface area (Å²) in [6, 6.07) is 20.5. The third kappa shape index (κ3) is 6.43. The molecule has 0 radical (unpaired) electrons. The van der Waals surface area contributed by atoms with Crippen molar-refractivity contribution in [3.05, 3.63) is 90.6 Å². The smallest absolute Gasteiger partial charge is 0.191 e. The third-order valence-electron chi connectivity index (χ3n) is 4.86. The Hall–Kier alpha value is -3.14. The van der Waals surface area contributed by atoms with Gasteiger partial charge in [-0.05, 0) is 42.7 Å². The van der Waals surface area contributed by atoms with Crippen LogP contribution in [-0.4, -0.2) is 38.8 Å². The highest BCUT2D eigenvalue weighted by molar-refractivity contribution is 14.0. The van der Waals surface area contributed by atoms with Crippen molar-refractivity contribution in [2.45, 2.75) is 19.9 Å². The molecule has 0 amide bonds. The average molecular weight is 541 g/mol. The molecular weight excluding hydrogens is 513 g/mol. The first-order valence-electron chi connectivity index (χ1n) is 10.5. The van der Waals surface area contributed by atoms with Gasteiger partial charge in [0.15, 0.2) is 5.96 Å². The fraction of sp³-hybridized carbons (Fsp3) is 0.208. The van der Waals surface area contributed by atoms with Gasteiger partial charge in [-0.25, -0.2) is 14.7 Å². The predicted octanol–water partition coefficient (Wildman–Crippen LogP) is 4.18. The van der Waals surface area contributed by atoms with Gasteiger partial charge in [0.25, 0.3) is 0 Å². The van der Waals surface area contributed by atoms with Crippen LogP contribution >= 0.6 is 24.0 Å². The van der Waals surface area contributed by atoms with Gasteiger partial charge in [-0.1, -0.05) is 42.5 Å². The van der Waals surface area contributed by atoms with E-state index < -0.39 is 0 Å². The van der Waals surface area contributed by atoms with Gasteiger partial charge in [0.05, 0.1) is 17.6 Å². The van der Waals surface area contributed by atoms with Crippen LogP contribution in [0.2, 0.25) is 0 Å². The number of rotatable bonds is 8. The molecule has 0 saturated heterocycles. The molecular formula is C24H28IN7. The molecule has 0 aliphatic carbocycles. The number of H-pyrrole nitrogens is 1. The zero-order valence-electron chi connectivity index (χ0n) is 18.0. The number of hydrogen-bond acceptors (Lipinski definition) is 3. The standard InChI is InChI=1S/C24H27N7.HI/c1-2-25-24(28-18-23-27-17-22(30-23)20-7-4-3-5-8-20)26-15-13-19-9-11-21(12-10-19)31-16-6-14-29-31;/h3-12,14,16-17H,2,13,15,18H2,1H3,(H,27,30)(H2,25,26,28);1H. The summed E-state index contributed by atoms with van der Waals surface area (Å²) in [4.78, 5) is 12.5. The number of halogens is 1. The van der Waals surface area contributed by atoms with E-state index in [0.29, 0.717) is 6.54 Å². The van der Waals surface area contributed by atoms with E-state index in [-0.39, 0.29) is 24.0 Å². The molecule has 0 spiro atoms. The van der Waals surface area contributed by atoms with Crippen LogP contribution in [0.25, 0.3) is 16.9 Å². The molecule has 7 nitrogen and oxygen atoms in total. The zero-order valence-corrected chi connectivity index (χ0v) is 20.4. The van der Waals surface area contributed by atoms with Crippen LogP contribution in [0.3, 0.4) is 0 Å². The third-order valence-corrected chi connectivity index (χ3v) is 4.86. The van der Waals surface area contributed by atoms with Crippen LogP contribution in [0.4, 0.5) is 0 Å². The van der Waals surface area contributed by atoms with Crippen LogP contribution in [0.5, 0.6) is 0 Å². The molecule has 2 heterocycles. The van der Waals surface area contributed by atoms with E-state index in [0.717, 1.165) is 48.2 Å². The van der Waals surface area contributed by atoms with Crippen LogP contribution in [0, 0.1) is 0 Å². The van der Waals surface area contributed by atoms with Gasteiger partial charge in [-0.3, -0.25) is 0 Å². The predicted molar refractivity (Wildman–Crippen MR) is 140 cm³/mol. The number of benzene rings is 2. The van der Waals surface area contributed by atoms with Crippen molar-refractivity contribution in [3.8, 4) is 16.9 Å². The van der Waals surface area contributed by atoms with Gasteiger partial charge >= 0.3 is 0 Å². The van der Waals surface area contributed by atoms with Crippen molar-refractivity contribution in [1.29, 1.82) is 0 Å². The average Bonchev–Trinajstić information content (AvgIpc) is 3.51. The quantitative estimate of drug-likeness (QED) is 0.178. The Morgan fingerprint density at radius 3 is 2.56 bits per heavy atom. The van der Waals surface area contributed by atoms with E-state index in [1.807, 2.05) is 41.3 Å². The Morgan fingerprint density at radius 1 is 1.03 bits per heavy atom. The summed E-state index contributed by atoms with van der Waals surface area (Å²) in [5.74, 6) is 1.62. The molecule has 8 heteroatoms. The lowest BCUT2D eigenvalue weighted by atomic mass is 10.1. The first-order valence-corrected chi connectivity index (χ1v) is 10.5. The fourth-order valence-electron chi connectivity index (χ4n) is 3.27. The van der Waals surface area contributed by atoms with Gasteiger partial charge in [0.1, 0.15) is 12.4 Å². The minimum absolute atomic E-state index is 0. The van der Waals surface area contributed by atoms with E-state index in [1.54, 1.807) is 6.20 Å². The second-order valence-electron chi connectivity index (χ2n) is 7.10. The summed E-state index contributed by atoms with van der Waals surface area (Å²) in [7, 11) is 0. The minimum Gasteiger partial charge on any atom is -0.357 e. The molecule has 32 heavy (non-hydrogen) atoms. The van der Waals surface area contributed by atoms with E-state index in [1.165, 1.54) is 5.56 Å². The summed E-state index contributed by atoms with van der Waals surface area (Å²) in [5, 5.41) is 10.9. The van der Waals surface area contributed by atoms with Crippen molar-refractivity contribution in [2.24, 2.45) is 4.99 Å². The van der Waals surface area contributed by atoms with E-state index >= 15 is 0 Å². The van der Waals surface area contributed by atoms with Crippen molar-refractivity contribution < 1.29 is 0 Å². The lowest BCUT2D eigenvalue weighted by Crippen LogP contribution is -2.38. The molecule has 4 rings (SSSR count). The van der Waals surface area contributed by atoms with Gasteiger partial charge in [-0.15, -0.1) is 24.0 Å². The summed E-state index contributed by atoms with van der Waals surface area (Å²) in [5.41, 5.74) is 4.44. The number of imidazole rings is 1. The van der Waals surface area contributed by atoms with Crippen molar-refractivity contribution in [2.75, 3.05) is 13.1 Å². The number of guanidine groups is 1. The largest absolute Gasteiger partial charge is 0.357 e. The Balaban J connectivity index is 0.00000289. The monoisotopic (exact) mass is 541 g/mol. The molecule has 0 fully saturated rings. The molecule has 0 aliphatic heterocycles. The summed E-state index contributed by atoms with van der Waals surface area (Å²) >= 11 is 0. The lowest BCUT2D eigenvalue weighted by molar-refractivity contribution is 0.793. The molecule has 3 N–H and O–H groups in total. The number of aromatic amines is 1. The summed E-state index contributed by atoms with van der Waals surface area (Å²) in [6.45, 7) is 4.14. The first-order chi connectivity index (χ1) is 15.3. The maximum absolute atomic E-state index is 4.66. The van der Waals surface area contributed by atoms with Crippen molar-refractivity contribution >= 4 is 29.9 Å². The fourth-order valence-corrected chi connectivity index (χ4v) is 3.27.